The number of halogens is 2. The van der Waals surface area contributed by atoms with E-state index in [1.54, 1.807) is 13.2 Å². The Kier molecular flexibility index (Phi) is 3.78. The van der Waals surface area contributed by atoms with E-state index in [9.17, 15) is 4.79 Å². The fourth-order valence-corrected chi connectivity index (χ4v) is 3.03. The van der Waals surface area contributed by atoms with Crippen molar-refractivity contribution in [3.63, 3.8) is 0 Å². The van der Waals surface area contributed by atoms with Crippen LogP contribution in [0.15, 0.2) is 15.0 Å². The Labute approximate surface area is 117 Å². The molecule has 2 rings (SSSR count). The third-order valence-corrected chi connectivity index (χ3v) is 4.08. The monoisotopic (exact) mass is 362 g/mol. The number of ketones is 1. The molecule has 0 aliphatic carbocycles. The van der Waals surface area contributed by atoms with Gasteiger partial charge in [-0.2, -0.15) is 0 Å². The Balaban J connectivity index is 2.51. The molecule has 0 amide bonds. The third kappa shape index (κ3) is 2.10. The summed E-state index contributed by atoms with van der Waals surface area (Å²) >= 11 is 6.80. The molecule has 1 aromatic carbocycles. The molecule has 1 aromatic rings. The normalized spacial score (nSPS) is 17.9. The maximum atomic E-state index is 12.2. The molecular formula is C12H12Br2O3. The molecular weight excluding hydrogens is 352 g/mol. The summed E-state index contributed by atoms with van der Waals surface area (Å²) in [5.41, 5.74) is 0.578. The van der Waals surface area contributed by atoms with Gasteiger partial charge in [0.25, 0.3) is 0 Å². The van der Waals surface area contributed by atoms with E-state index in [1.165, 1.54) is 0 Å². The number of carbonyl (C=O) groups is 1. The van der Waals surface area contributed by atoms with Gasteiger partial charge in [-0.3, -0.25) is 4.79 Å². The van der Waals surface area contributed by atoms with Gasteiger partial charge < -0.3 is 9.47 Å². The van der Waals surface area contributed by atoms with Crippen LogP contribution in [0.3, 0.4) is 0 Å². The quantitative estimate of drug-likeness (QED) is 0.815. The van der Waals surface area contributed by atoms with Crippen LogP contribution in [0.5, 0.6) is 11.5 Å². The summed E-state index contributed by atoms with van der Waals surface area (Å²) in [7, 11) is 1.57. The van der Waals surface area contributed by atoms with Crippen LogP contribution < -0.4 is 9.47 Å². The molecule has 0 fully saturated rings. The van der Waals surface area contributed by atoms with Gasteiger partial charge in [-0.15, -0.1) is 0 Å². The van der Waals surface area contributed by atoms with Crippen molar-refractivity contribution < 1.29 is 14.3 Å². The molecule has 3 nitrogen and oxygen atoms in total. The zero-order valence-electron chi connectivity index (χ0n) is 9.55. The molecule has 1 atom stereocenters. The molecule has 1 aliphatic heterocycles. The Bertz CT molecular complexity index is 471. The molecule has 0 N–H and O–H groups in total. The van der Waals surface area contributed by atoms with Gasteiger partial charge in [0, 0.05) is 0 Å². The van der Waals surface area contributed by atoms with Gasteiger partial charge in [0.1, 0.15) is 11.5 Å². The van der Waals surface area contributed by atoms with Gasteiger partial charge in [-0.25, -0.2) is 0 Å². The van der Waals surface area contributed by atoms with E-state index < -0.39 is 0 Å². The average molecular weight is 364 g/mol. The summed E-state index contributed by atoms with van der Waals surface area (Å²) in [4.78, 5) is 12.2. The zero-order valence-corrected chi connectivity index (χ0v) is 12.7. The lowest BCUT2D eigenvalue weighted by Crippen LogP contribution is -2.19. The first-order valence-electron chi connectivity index (χ1n) is 5.37. The van der Waals surface area contributed by atoms with Crippen molar-refractivity contribution in [1.82, 2.24) is 0 Å². The van der Waals surface area contributed by atoms with E-state index in [2.05, 4.69) is 31.9 Å². The van der Waals surface area contributed by atoms with Gasteiger partial charge in [0.05, 0.1) is 21.6 Å². The molecule has 1 heterocycles. The Morgan fingerprint density at radius 3 is 2.76 bits per heavy atom. The zero-order chi connectivity index (χ0) is 12.6. The predicted octanol–water partition coefficient (Wildman–Crippen LogP) is 3.96. The number of rotatable bonds is 3. The number of ether oxygens (including phenoxy) is 2. The van der Waals surface area contributed by atoms with Gasteiger partial charge in [-0.05, 0) is 44.3 Å². The van der Waals surface area contributed by atoms with Crippen molar-refractivity contribution in [1.29, 1.82) is 0 Å². The van der Waals surface area contributed by atoms with Crippen LogP contribution >= 0.6 is 31.9 Å². The minimum absolute atomic E-state index is 0.0216. The highest BCUT2D eigenvalue weighted by atomic mass is 79.9. The van der Waals surface area contributed by atoms with Gasteiger partial charge in [0.2, 0.25) is 5.78 Å². The molecule has 5 heteroatoms. The highest BCUT2D eigenvalue weighted by molar-refractivity contribution is 9.11. The van der Waals surface area contributed by atoms with E-state index in [0.717, 1.165) is 17.3 Å². The number of methoxy groups -OCH3 is 1. The SMILES string of the molecule is CCCC1Oc2c(Br)cc(OC)c(Br)c2C1=O. The van der Waals surface area contributed by atoms with Crippen molar-refractivity contribution >= 4 is 37.6 Å². The van der Waals surface area contributed by atoms with Gasteiger partial charge >= 0.3 is 0 Å². The van der Waals surface area contributed by atoms with E-state index in [-0.39, 0.29) is 11.9 Å². The molecule has 0 radical (unpaired) electrons. The van der Waals surface area contributed by atoms with E-state index in [4.69, 9.17) is 9.47 Å². The van der Waals surface area contributed by atoms with Crippen LogP contribution in [0, 0.1) is 0 Å². The smallest absolute Gasteiger partial charge is 0.208 e. The Hall–Kier alpha value is -0.550. The first-order valence-corrected chi connectivity index (χ1v) is 6.95. The van der Waals surface area contributed by atoms with Gasteiger partial charge in [0.15, 0.2) is 6.10 Å². The number of hydrogen-bond acceptors (Lipinski definition) is 3. The number of Topliss-reactive ketones (excluding diaryl/α,β-unsaturated/α-hetero) is 1. The van der Waals surface area contributed by atoms with Crippen molar-refractivity contribution in [2.24, 2.45) is 0 Å². The molecule has 1 unspecified atom stereocenters. The van der Waals surface area contributed by atoms with E-state index in [1.807, 2.05) is 6.92 Å². The summed E-state index contributed by atoms with van der Waals surface area (Å²) in [5, 5.41) is 0. The summed E-state index contributed by atoms with van der Waals surface area (Å²) in [6.07, 6.45) is 1.28. The Morgan fingerprint density at radius 1 is 1.47 bits per heavy atom. The molecule has 0 bridgehead atoms. The van der Waals surface area contributed by atoms with Crippen LogP contribution in [-0.4, -0.2) is 19.0 Å². The largest absolute Gasteiger partial charge is 0.496 e. The topological polar surface area (TPSA) is 35.5 Å². The highest BCUT2D eigenvalue weighted by Crippen LogP contribution is 2.45. The number of benzene rings is 1. The molecule has 0 saturated carbocycles. The van der Waals surface area contributed by atoms with E-state index >= 15 is 0 Å². The summed E-state index contributed by atoms with van der Waals surface area (Å²) in [5.74, 6) is 1.26. The van der Waals surface area contributed by atoms with Gasteiger partial charge in [-0.1, -0.05) is 13.3 Å². The number of carbonyl (C=O) groups excluding carboxylic acids is 1. The minimum Gasteiger partial charge on any atom is -0.496 e. The first kappa shape index (κ1) is 12.9. The predicted molar refractivity (Wildman–Crippen MR) is 72.0 cm³/mol. The average Bonchev–Trinajstić information content (AvgIpc) is 2.63. The van der Waals surface area contributed by atoms with Crippen LogP contribution in [0.1, 0.15) is 30.1 Å². The van der Waals surface area contributed by atoms with E-state index in [0.29, 0.717) is 21.5 Å². The summed E-state index contributed by atoms with van der Waals surface area (Å²) < 4.78 is 12.3. The summed E-state index contributed by atoms with van der Waals surface area (Å²) in [6, 6.07) is 1.80. The lowest BCUT2D eigenvalue weighted by molar-refractivity contribution is 0.0844. The van der Waals surface area contributed by atoms with Crippen molar-refractivity contribution in [3.8, 4) is 11.5 Å². The lowest BCUT2D eigenvalue weighted by atomic mass is 10.1. The Morgan fingerprint density at radius 2 is 2.18 bits per heavy atom. The highest BCUT2D eigenvalue weighted by Gasteiger charge is 2.36. The van der Waals surface area contributed by atoms with Crippen molar-refractivity contribution in [2.75, 3.05) is 7.11 Å². The third-order valence-electron chi connectivity index (χ3n) is 2.71. The van der Waals surface area contributed by atoms with Crippen LogP contribution in [0.4, 0.5) is 0 Å². The second-order valence-corrected chi connectivity index (χ2v) is 5.49. The fourth-order valence-electron chi connectivity index (χ4n) is 1.88. The van der Waals surface area contributed by atoms with Crippen LogP contribution in [0.2, 0.25) is 0 Å². The maximum Gasteiger partial charge on any atom is 0.208 e. The number of hydrogen-bond donors (Lipinski definition) is 0. The van der Waals surface area contributed by atoms with Crippen molar-refractivity contribution in [2.45, 2.75) is 25.9 Å². The molecule has 1 aliphatic rings. The maximum absolute atomic E-state index is 12.2. The second-order valence-electron chi connectivity index (χ2n) is 3.84. The minimum atomic E-state index is -0.366. The standard InChI is InChI=1S/C12H12Br2O3/c1-3-4-7-11(15)9-10(14)8(16-2)5-6(13)12(9)17-7/h5,7H,3-4H2,1-2H3. The molecule has 0 saturated heterocycles. The lowest BCUT2D eigenvalue weighted by Gasteiger charge is -2.09. The molecule has 0 aromatic heterocycles. The summed E-state index contributed by atoms with van der Waals surface area (Å²) in [6.45, 7) is 2.03. The van der Waals surface area contributed by atoms with Crippen molar-refractivity contribution in [3.05, 3.63) is 20.6 Å². The molecule has 0 spiro atoms. The molecule has 92 valence electrons. The number of fused-ring (bicyclic) bond motifs is 1. The fraction of sp³-hybridized carbons (Fsp3) is 0.417. The molecule has 17 heavy (non-hydrogen) atoms. The first-order chi connectivity index (χ1) is 8.10. The van der Waals surface area contributed by atoms with Crippen LogP contribution in [0.25, 0.3) is 0 Å². The second kappa shape index (κ2) is 4.98. The van der Waals surface area contributed by atoms with Crippen LogP contribution in [-0.2, 0) is 0 Å².